The number of furan rings is 1. The standard InChI is InChI=1S/C48H31NO/c1-2-14-35-30-36(25-24-32(35)12-1)33-26-28-37(29-27-33)49(45-22-11-15-34-13-3-4-16-38(34)45)46-21-9-7-18-40(46)43-31-44-41-19-8-10-23-47(41)50-48(44)42-20-6-5-17-39(42)43/h1-31H. The van der Waals surface area contributed by atoms with Gasteiger partial charge >= 0.3 is 0 Å². The van der Waals surface area contributed by atoms with Crippen LogP contribution in [0.5, 0.6) is 0 Å². The molecule has 0 saturated heterocycles. The van der Waals surface area contributed by atoms with Crippen molar-refractivity contribution in [1.82, 2.24) is 0 Å². The van der Waals surface area contributed by atoms with E-state index in [0.717, 1.165) is 55.3 Å². The quantitative estimate of drug-likeness (QED) is 0.187. The van der Waals surface area contributed by atoms with Gasteiger partial charge in [-0.2, -0.15) is 0 Å². The predicted molar refractivity (Wildman–Crippen MR) is 212 cm³/mol. The van der Waals surface area contributed by atoms with Crippen molar-refractivity contribution in [3.8, 4) is 22.3 Å². The highest BCUT2D eigenvalue weighted by Crippen LogP contribution is 2.47. The molecular weight excluding hydrogens is 607 g/mol. The van der Waals surface area contributed by atoms with Crippen molar-refractivity contribution in [3.63, 3.8) is 0 Å². The molecule has 50 heavy (non-hydrogen) atoms. The van der Waals surface area contributed by atoms with Crippen LogP contribution in [0.3, 0.4) is 0 Å². The fourth-order valence-electron chi connectivity index (χ4n) is 7.65. The molecule has 0 aliphatic rings. The summed E-state index contributed by atoms with van der Waals surface area (Å²) in [5.74, 6) is 0. The molecule has 10 rings (SSSR count). The van der Waals surface area contributed by atoms with Gasteiger partial charge in [-0.05, 0) is 80.7 Å². The molecule has 0 aliphatic carbocycles. The van der Waals surface area contributed by atoms with E-state index in [1.165, 1.54) is 38.2 Å². The number of anilines is 3. The number of nitrogens with zero attached hydrogens (tertiary/aromatic N) is 1. The summed E-state index contributed by atoms with van der Waals surface area (Å²) in [6.07, 6.45) is 0. The number of hydrogen-bond donors (Lipinski definition) is 0. The topological polar surface area (TPSA) is 16.4 Å². The maximum absolute atomic E-state index is 6.48. The molecule has 0 saturated carbocycles. The van der Waals surface area contributed by atoms with E-state index in [2.05, 4.69) is 187 Å². The van der Waals surface area contributed by atoms with Crippen LogP contribution >= 0.6 is 0 Å². The Kier molecular flexibility index (Phi) is 6.53. The fourth-order valence-corrected chi connectivity index (χ4v) is 7.65. The second-order valence-electron chi connectivity index (χ2n) is 12.9. The molecule has 234 valence electrons. The van der Waals surface area contributed by atoms with Crippen LogP contribution in [0.25, 0.3) is 76.5 Å². The Hall–Kier alpha value is -6.64. The van der Waals surface area contributed by atoms with E-state index in [1.54, 1.807) is 0 Å². The van der Waals surface area contributed by atoms with E-state index >= 15 is 0 Å². The molecule has 1 heterocycles. The second-order valence-corrected chi connectivity index (χ2v) is 12.9. The molecule has 0 fully saturated rings. The molecular formula is C48H31NO. The van der Waals surface area contributed by atoms with Crippen LogP contribution in [0.4, 0.5) is 17.1 Å². The Balaban J connectivity index is 1.21. The van der Waals surface area contributed by atoms with Gasteiger partial charge in [-0.25, -0.2) is 0 Å². The Morgan fingerprint density at radius 2 is 0.960 bits per heavy atom. The third kappa shape index (κ3) is 4.57. The van der Waals surface area contributed by atoms with Crippen molar-refractivity contribution in [2.24, 2.45) is 0 Å². The van der Waals surface area contributed by atoms with Crippen molar-refractivity contribution >= 4 is 71.3 Å². The third-order valence-electron chi connectivity index (χ3n) is 10.0. The highest BCUT2D eigenvalue weighted by molar-refractivity contribution is 6.20. The number of rotatable bonds is 5. The SMILES string of the molecule is c1ccc(N(c2ccc(-c3ccc4ccccc4c3)cc2)c2cccc3ccccc23)c(-c2cc3c4ccccc4oc3c3ccccc23)c1. The number of benzene rings is 9. The number of fused-ring (bicyclic) bond motifs is 7. The Labute approximate surface area is 290 Å². The summed E-state index contributed by atoms with van der Waals surface area (Å²) < 4.78 is 6.48. The van der Waals surface area contributed by atoms with Crippen LogP contribution in [-0.2, 0) is 0 Å². The Morgan fingerprint density at radius 1 is 0.340 bits per heavy atom. The van der Waals surface area contributed by atoms with Crippen LogP contribution in [-0.4, -0.2) is 0 Å². The zero-order valence-electron chi connectivity index (χ0n) is 27.3. The van der Waals surface area contributed by atoms with Crippen LogP contribution in [0.1, 0.15) is 0 Å². The maximum atomic E-state index is 6.48. The molecule has 0 unspecified atom stereocenters. The van der Waals surface area contributed by atoms with E-state index < -0.39 is 0 Å². The van der Waals surface area contributed by atoms with Gasteiger partial charge in [0.1, 0.15) is 11.2 Å². The van der Waals surface area contributed by atoms with Gasteiger partial charge in [0.05, 0.1) is 11.4 Å². The van der Waals surface area contributed by atoms with Gasteiger partial charge in [0.15, 0.2) is 0 Å². The largest absolute Gasteiger partial charge is 0.455 e. The molecule has 0 radical (unpaired) electrons. The summed E-state index contributed by atoms with van der Waals surface area (Å²) in [5.41, 5.74) is 9.90. The van der Waals surface area contributed by atoms with Crippen LogP contribution < -0.4 is 4.90 Å². The molecule has 2 heteroatoms. The smallest absolute Gasteiger partial charge is 0.143 e. The zero-order chi connectivity index (χ0) is 33.0. The summed E-state index contributed by atoms with van der Waals surface area (Å²) in [7, 11) is 0. The predicted octanol–water partition coefficient (Wildman–Crippen LogP) is 13.8. The molecule has 9 aromatic carbocycles. The van der Waals surface area contributed by atoms with Crippen molar-refractivity contribution < 1.29 is 4.42 Å². The summed E-state index contributed by atoms with van der Waals surface area (Å²) >= 11 is 0. The second kappa shape index (κ2) is 11.5. The molecule has 10 aromatic rings. The van der Waals surface area contributed by atoms with Gasteiger partial charge in [-0.15, -0.1) is 0 Å². The lowest BCUT2D eigenvalue weighted by atomic mass is 9.93. The first-order valence-corrected chi connectivity index (χ1v) is 17.1. The molecule has 0 bridgehead atoms. The highest BCUT2D eigenvalue weighted by atomic mass is 16.3. The molecule has 0 N–H and O–H groups in total. The van der Waals surface area contributed by atoms with Gasteiger partial charge in [-0.3, -0.25) is 0 Å². The van der Waals surface area contributed by atoms with Crippen molar-refractivity contribution in [2.45, 2.75) is 0 Å². The average molecular weight is 638 g/mol. The van der Waals surface area contributed by atoms with Crippen molar-refractivity contribution in [1.29, 1.82) is 0 Å². The monoisotopic (exact) mass is 637 g/mol. The lowest BCUT2D eigenvalue weighted by Gasteiger charge is -2.29. The van der Waals surface area contributed by atoms with E-state index in [0.29, 0.717) is 0 Å². The molecule has 0 spiro atoms. The maximum Gasteiger partial charge on any atom is 0.143 e. The summed E-state index contributed by atoms with van der Waals surface area (Å²) in [5, 5.41) is 9.43. The molecule has 2 nitrogen and oxygen atoms in total. The van der Waals surface area contributed by atoms with Crippen LogP contribution in [0.15, 0.2) is 192 Å². The highest BCUT2D eigenvalue weighted by Gasteiger charge is 2.22. The average Bonchev–Trinajstić information content (AvgIpc) is 3.57. The van der Waals surface area contributed by atoms with Crippen molar-refractivity contribution in [3.05, 3.63) is 188 Å². The van der Waals surface area contributed by atoms with Gasteiger partial charge in [0.25, 0.3) is 0 Å². The van der Waals surface area contributed by atoms with Crippen molar-refractivity contribution in [2.75, 3.05) is 4.90 Å². The first-order chi connectivity index (χ1) is 24.8. The lowest BCUT2D eigenvalue weighted by molar-refractivity contribution is 0.672. The van der Waals surface area contributed by atoms with Gasteiger partial charge in [0, 0.05) is 32.8 Å². The summed E-state index contributed by atoms with van der Waals surface area (Å²) in [6.45, 7) is 0. The van der Waals surface area contributed by atoms with Crippen LogP contribution in [0.2, 0.25) is 0 Å². The molecule has 1 aromatic heterocycles. The summed E-state index contributed by atoms with van der Waals surface area (Å²) in [6, 6.07) is 67.6. The van der Waals surface area contributed by atoms with Gasteiger partial charge in [-0.1, -0.05) is 146 Å². The van der Waals surface area contributed by atoms with E-state index in [9.17, 15) is 0 Å². The van der Waals surface area contributed by atoms with E-state index in [-0.39, 0.29) is 0 Å². The van der Waals surface area contributed by atoms with Gasteiger partial charge in [0.2, 0.25) is 0 Å². The minimum atomic E-state index is 0.905. The molecule has 0 atom stereocenters. The Morgan fingerprint density at radius 3 is 1.82 bits per heavy atom. The van der Waals surface area contributed by atoms with Crippen LogP contribution in [0, 0.1) is 0 Å². The minimum Gasteiger partial charge on any atom is -0.455 e. The summed E-state index contributed by atoms with van der Waals surface area (Å²) in [4.78, 5) is 2.42. The van der Waals surface area contributed by atoms with E-state index in [4.69, 9.17) is 4.42 Å². The lowest BCUT2D eigenvalue weighted by Crippen LogP contribution is -2.11. The van der Waals surface area contributed by atoms with Gasteiger partial charge < -0.3 is 9.32 Å². The normalized spacial score (nSPS) is 11.6. The number of para-hydroxylation sites is 2. The fraction of sp³-hybridized carbons (Fsp3) is 0. The first kappa shape index (κ1) is 28.4. The minimum absolute atomic E-state index is 0.905. The first-order valence-electron chi connectivity index (χ1n) is 17.1. The molecule has 0 aliphatic heterocycles. The number of hydrogen-bond acceptors (Lipinski definition) is 2. The third-order valence-corrected chi connectivity index (χ3v) is 10.0. The Bertz CT molecular complexity index is 2870. The molecule has 0 amide bonds. The van der Waals surface area contributed by atoms with E-state index in [1.807, 2.05) is 6.07 Å². The zero-order valence-corrected chi connectivity index (χ0v) is 27.3.